The molecule has 21 heavy (non-hydrogen) atoms. The van der Waals surface area contributed by atoms with Gasteiger partial charge in [0.2, 0.25) is 0 Å². The summed E-state index contributed by atoms with van der Waals surface area (Å²) < 4.78 is 0. The van der Waals surface area contributed by atoms with Gasteiger partial charge in [0.15, 0.2) is 0 Å². The first-order valence-corrected chi connectivity index (χ1v) is 8.01. The molecule has 0 amide bonds. The average Bonchev–Trinajstić information content (AvgIpc) is 2.44. The number of carboxylic acids is 1. The van der Waals surface area contributed by atoms with Gasteiger partial charge in [-0.05, 0) is 36.8 Å². The molecule has 3 N–H and O–H groups in total. The Balaban J connectivity index is 2.37. The van der Waals surface area contributed by atoms with Gasteiger partial charge in [-0.2, -0.15) is 0 Å². The monoisotopic (exact) mass is 289 g/mol. The summed E-state index contributed by atoms with van der Waals surface area (Å²) >= 11 is 0. The summed E-state index contributed by atoms with van der Waals surface area (Å²) in [6.07, 6.45) is 6.03. The molecule has 2 rings (SSSR count). The van der Waals surface area contributed by atoms with Crippen molar-refractivity contribution in [2.24, 2.45) is 11.8 Å². The normalized spacial score (nSPS) is 19.2. The van der Waals surface area contributed by atoms with Gasteiger partial charge in [0.25, 0.3) is 0 Å². The fraction of sp³-hybridized carbons (Fsp3) is 0.611. The summed E-state index contributed by atoms with van der Waals surface area (Å²) in [5.74, 6) is -0.608. The highest BCUT2D eigenvalue weighted by Crippen LogP contribution is 2.40. The molecule has 3 nitrogen and oxygen atoms in total. The summed E-state index contributed by atoms with van der Waals surface area (Å²) in [6, 6.07) is 3.98. The van der Waals surface area contributed by atoms with Crippen LogP contribution in [-0.4, -0.2) is 11.1 Å². The van der Waals surface area contributed by atoms with Crippen LogP contribution in [0.3, 0.4) is 0 Å². The minimum Gasteiger partial charge on any atom is -0.481 e. The molecule has 1 aromatic carbocycles. The number of anilines is 1. The summed E-state index contributed by atoms with van der Waals surface area (Å²) in [5, 5.41) is 9.78. The van der Waals surface area contributed by atoms with Gasteiger partial charge in [0.1, 0.15) is 0 Å². The Morgan fingerprint density at radius 2 is 1.86 bits per heavy atom. The smallest absolute Gasteiger partial charge is 0.311 e. The Morgan fingerprint density at radius 1 is 1.24 bits per heavy atom. The molecular formula is C18H27NO2. The van der Waals surface area contributed by atoms with Crippen LogP contribution in [0.1, 0.15) is 61.6 Å². The summed E-state index contributed by atoms with van der Waals surface area (Å²) in [7, 11) is 0. The minimum absolute atomic E-state index is 0.131. The van der Waals surface area contributed by atoms with Gasteiger partial charge in [0, 0.05) is 5.69 Å². The zero-order chi connectivity index (χ0) is 15.6. The molecule has 0 aliphatic heterocycles. The SMILES string of the molecule is Cc1cc(C)c(N)c(C(C(=O)O)C(C)C2CCCCC2)c1. The molecule has 0 aromatic heterocycles. The first-order chi connectivity index (χ1) is 9.91. The van der Waals surface area contributed by atoms with Gasteiger partial charge >= 0.3 is 5.97 Å². The average molecular weight is 289 g/mol. The number of benzene rings is 1. The number of carbonyl (C=O) groups is 1. The fourth-order valence-corrected chi connectivity index (χ4v) is 3.84. The van der Waals surface area contributed by atoms with Crippen LogP contribution in [0, 0.1) is 25.7 Å². The molecule has 0 spiro atoms. The number of aliphatic carboxylic acids is 1. The second kappa shape index (κ2) is 6.50. The zero-order valence-electron chi connectivity index (χ0n) is 13.4. The van der Waals surface area contributed by atoms with Crippen molar-refractivity contribution in [1.82, 2.24) is 0 Å². The molecule has 2 unspecified atom stereocenters. The van der Waals surface area contributed by atoms with Gasteiger partial charge in [-0.1, -0.05) is 56.7 Å². The Labute approximate surface area is 127 Å². The van der Waals surface area contributed by atoms with E-state index in [4.69, 9.17) is 5.73 Å². The van der Waals surface area contributed by atoms with Crippen molar-refractivity contribution in [1.29, 1.82) is 0 Å². The topological polar surface area (TPSA) is 63.3 Å². The highest BCUT2D eigenvalue weighted by molar-refractivity contribution is 5.79. The number of hydrogen-bond donors (Lipinski definition) is 2. The van der Waals surface area contributed by atoms with E-state index in [9.17, 15) is 9.90 Å². The first kappa shape index (κ1) is 15.9. The first-order valence-electron chi connectivity index (χ1n) is 8.01. The van der Waals surface area contributed by atoms with E-state index in [2.05, 4.69) is 6.92 Å². The molecule has 2 atom stereocenters. The second-order valence-corrected chi connectivity index (χ2v) is 6.66. The van der Waals surface area contributed by atoms with E-state index in [-0.39, 0.29) is 5.92 Å². The Bertz CT molecular complexity index is 518. The van der Waals surface area contributed by atoms with E-state index in [1.165, 1.54) is 19.3 Å². The molecule has 116 valence electrons. The van der Waals surface area contributed by atoms with Gasteiger partial charge in [-0.25, -0.2) is 0 Å². The minimum atomic E-state index is -0.746. The molecule has 1 saturated carbocycles. The zero-order valence-corrected chi connectivity index (χ0v) is 13.4. The molecule has 0 bridgehead atoms. The number of carboxylic acid groups (broad SMARTS) is 1. The van der Waals surface area contributed by atoms with Crippen molar-refractivity contribution >= 4 is 11.7 Å². The number of rotatable bonds is 4. The molecule has 3 heteroatoms. The van der Waals surface area contributed by atoms with E-state index < -0.39 is 11.9 Å². The Morgan fingerprint density at radius 3 is 2.43 bits per heavy atom. The fourth-order valence-electron chi connectivity index (χ4n) is 3.84. The van der Waals surface area contributed by atoms with E-state index in [1.54, 1.807) is 0 Å². The lowest BCUT2D eigenvalue weighted by Crippen LogP contribution is -2.28. The Kier molecular flexibility index (Phi) is 4.92. The van der Waals surface area contributed by atoms with Crippen LogP contribution >= 0.6 is 0 Å². The molecular weight excluding hydrogens is 262 g/mol. The van der Waals surface area contributed by atoms with Crippen LogP contribution in [0.15, 0.2) is 12.1 Å². The highest BCUT2D eigenvalue weighted by atomic mass is 16.4. The van der Waals surface area contributed by atoms with Gasteiger partial charge in [-0.3, -0.25) is 4.79 Å². The number of nitrogen functional groups attached to an aromatic ring is 1. The molecule has 0 heterocycles. The van der Waals surface area contributed by atoms with E-state index in [0.29, 0.717) is 11.6 Å². The number of aryl methyl sites for hydroxylation is 2. The van der Waals surface area contributed by atoms with Crippen molar-refractivity contribution in [3.05, 3.63) is 28.8 Å². The molecule has 1 aliphatic rings. The van der Waals surface area contributed by atoms with Crippen LogP contribution < -0.4 is 5.73 Å². The maximum absolute atomic E-state index is 11.9. The quantitative estimate of drug-likeness (QED) is 0.814. The van der Waals surface area contributed by atoms with Gasteiger partial charge in [0.05, 0.1) is 5.92 Å². The number of nitrogens with two attached hydrogens (primary N) is 1. The molecule has 1 aliphatic carbocycles. The van der Waals surface area contributed by atoms with Crippen LogP contribution in [-0.2, 0) is 4.79 Å². The van der Waals surface area contributed by atoms with Crippen LogP contribution in [0.25, 0.3) is 0 Å². The molecule has 1 fully saturated rings. The molecule has 0 saturated heterocycles. The largest absolute Gasteiger partial charge is 0.481 e. The maximum atomic E-state index is 11.9. The van der Waals surface area contributed by atoms with Crippen molar-refractivity contribution in [2.45, 2.75) is 58.8 Å². The molecule has 1 aromatic rings. The standard InChI is InChI=1S/C18H27NO2/c1-11-9-12(2)17(19)15(10-11)16(18(20)21)13(3)14-7-5-4-6-8-14/h9-10,13-14,16H,4-8,19H2,1-3H3,(H,20,21). The van der Waals surface area contributed by atoms with Gasteiger partial charge < -0.3 is 10.8 Å². The summed E-state index contributed by atoms with van der Waals surface area (Å²) in [6.45, 7) is 6.04. The van der Waals surface area contributed by atoms with Crippen LogP contribution in [0.5, 0.6) is 0 Å². The van der Waals surface area contributed by atoms with Crippen molar-refractivity contribution in [3.63, 3.8) is 0 Å². The third-order valence-corrected chi connectivity index (χ3v) is 5.08. The van der Waals surface area contributed by atoms with Crippen LogP contribution in [0.2, 0.25) is 0 Å². The second-order valence-electron chi connectivity index (χ2n) is 6.66. The van der Waals surface area contributed by atoms with Crippen molar-refractivity contribution < 1.29 is 9.90 Å². The predicted octanol–water partition coefficient (Wildman–Crippen LogP) is 4.27. The lowest BCUT2D eigenvalue weighted by atomic mass is 9.72. The van der Waals surface area contributed by atoms with E-state index in [1.807, 2.05) is 26.0 Å². The lowest BCUT2D eigenvalue weighted by molar-refractivity contribution is -0.140. The van der Waals surface area contributed by atoms with Crippen molar-refractivity contribution in [3.8, 4) is 0 Å². The maximum Gasteiger partial charge on any atom is 0.311 e. The van der Waals surface area contributed by atoms with E-state index >= 15 is 0 Å². The Hall–Kier alpha value is -1.51. The third-order valence-electron chi connectivity index (χ3n) is 5.08. The van der Waals surface area contributed by atoms with Gasteiger partial charge in [-0.15, -0.1) is 0 Å². The van der Waals surface area contributed by atoms with Crippen molar-refractivity contribution in [2.75, 3.05) is 5.73 Å². The summed E-state index contributed by atoms with van der Waals surface area (Å²) in [4.78, 5) is 11.9. The predicted molar refractivity (Wildman–Crippen MR) is 86.4 cm³/mol. The highest BCUT2D eigenvalue weighted by Gasteiger charge is 2.34. The van der Waals surface area contributed by atoms with E-state index in [0.717, 1.165) is 29.5 Å². The van der Waals surface area contributed by atoms with Crippen LogP contribution in [0.4, 0.5) is 5.69 Å². The third kappa shape index (κ3) is 3.39. The molecule has 0 radical (unpaired) electrons. The summed E-state index contributed by atoms with van der Waals surface area (Å²) in [5.41, 5.74) is 9.71. The number of hydrogen-bond acceptors (Lipinski definition) is 2. The lowest BCUT2D eigenvalue weighted by Gasteiger charge is -2.32.